The van der Waals surface area contributed by atoms with E-state index in [0.717, 1.165) is 32.6 Å². The predicted octanol–water partition coefficient (Wildman–Crippen LogP) is 1.48. The smallest absolute Gasteiger partial charge is 0.225 e. The average molecular weight is 273 g/mol. The standard InChI is InChI=1S/C14H16FN5/c15-11-2-3-12(18-10-11)13-4-6-17-14(19-13)20-8-1-5-16-7-9-20/h2-4,6,10,16H,1,5,7-9H2. The summed E-state index contributed by atoms with van der Waals surface area (Å²) in [6.45, 7) is 3.78. The van der Waals surface area contributed by atoms with Crippen LogP contribution in [0.25, 0.3) is 11.4 Å². The Morgan fingerprint density at radius 2 is 2.00 bits per heavy atom. The molecular weight excluding hydrogens is 257 g/mol. The highest BCUT2D eigenvalue weighted by Gasteiger charge is 2.13. The van der Waals surface area contributed by atoms with Crippen LogP contribution in [0, 0.1) is 5.82 Å². The number of nitrogens with zero attached hydrogens (tertiary/aromatic N) is 4. The zero-order chi connectivity index (χ0) is 13.8. The van der Waals surface area contributed by atoms with Crippen LogP contribution in [-0.4, -0.2) is 41.1 Å². The second-order valence-corrected chi connectivity index (χ2v) is 4.69. The van der Waals surface area contributed by atoms with Crippen molar-refractivity contribution in [1.29, 1.82) is 0 Å². The van der Waals surface area contributed by atoms with Crippen molar-refractivity contribution in [1.82, 2.24) is 20.3 Å². The molecule has 3 heterocycles. The Morgan fingerprint density at radius 1 is 1.05 bits per heavy atom. The van der Waals surface area contributed by atoms with Gasteiger partial charge >= 0.3 is 0 Å². The van der Waals surface area contributed by atoms with Gasteiger partial charge in [-0.3, -0.25) is 4.98 Å². The molecule has 5 nitrogen and oxygen atoms in total. The highest BCUT2D eigenvalue weighted by Crippen LogP contribution is 2.17. The lowest BCUT2D eigenvalue weighted by Gasteiger charge is -2.19. The molecule has 0 amide bonds. The van der Waals surface area contributed by atoms with Gasteiger partial charge in [0.2, 0.25) is 5.95 Å². The molecule has 6 heteroatoms. The van der Waals surface area contributed by atoms with Crippen molar-refractivity contribution in [2.45, 2.75) is 6.42 Å². The Kier molecular flexibility index (Phi) is 3.83. The number of pyridine rings is 1. The molecule has 3 rings (SSSR count). The molecule has 104 valence electrons. The molecule has 1 aliphatic rings. The summed E-state index contributed by atoms with van der Waals surface area (Å²) in [5.74, 6) is 0.360. The number of hydrogen-bond acceptors (Lipinski definition) is 5. The third-order valence-corrected chi connectivity index (χ3v) is 3.26. The largest absolute Gasteiger partial charge is 0.339 e. The predicted molar refractivity (Wildman–Crippen MR) is 74.9 cm³/mol. The van der Waals surface area contributed by atoms with E-state index in [2.05, 4.69) is 25.2 Å². The van der Waals surface area contributed by atoms with Gasteiger partial charge in [-0.05, 0) is 31.2 Å². The van der Waals surface area contributed by atoms with Crippen LogP contribution in [0.15, 0.2) is 30.6 Å². The maximum absolute atomic E-state index is 12.9. The van der Waals surface area contributed by atoms with Crippen molar-refractivity contribution in [2.24, 2.45) is 0 Å². The number of halogens is 1. The normalized spacial score (nSPS) is 15.9. The molecular formula is C14H16FN5. The van der Waals surface area contributed by atoms with Gasteiger partial charge in [-0.15, -0.1) is 0 Å². The number of rotatable bonds is 2. The Balaban J connectivity index is 1.86. The molecule has 0 aliphatic carbocycles. The van der Waals surface area contributed by atoms with E-state index < -0.39 is 0 Å². The molecule has 0 atom stereocenters. The van der Waals surface area contributed by atoms with Crippen molar-refractivity contribution in [3.05, 3.63) is 36.4 Å². The molecule has 0 bridgehead atoms. The van der Waals surface area contributed by atoms with Gasteiger partial charge in [0.1, 0.15) is 5.82 Å². The van der Waals surface area contributed by atoms with E-state index in [4.69, 9.17) is 0 Å². The SMILES string of the molecule is Fc1ccc(-c2ccnc(N3CCCNCC3)n2)nc1. The van der Waals surface area contributed by atoms with Crippen LogP contribution < -0.4 is 10.2 Å². The van der Waals surface area contributed by atoms with E-state index in [1.54, 1.807) is 18.3 Å². The molecule has 0 saturated carbocycles. The van der Waals surface area contributed by atoms with E-state index in [1.807, 2.05) is 0 Å². The molecule has 20 heavy (non-hydrogen) atoms. The average Bonchev–Trinajstić information content (AvgIpc) is 2.77. The van der Waals surface area contributed by atoms with Gasteiger partial charge < -0.3 is 10.2 Å². The van der Waals surface area contributed by atoms with Crippen molar-refractivity contribution in [3.63, 3.8) is 0 Å². The summed E-state index contributed by atoms with van der Waals surface area (Å²) in [5.41, 5.74) is 1.37. The summed E-state index contributed by atoms with van der Waals surface area (Å²) < 4.78 is 12.9. The zero-order valence-corrected chi connectivity index (χ0v) is 11.1. The Bertz CT molecular complexity index is 564. The van der Waals surface area contributed by atoms with Crippen molar-refractivity contribution >= 4 is 5.95 Å². The third-order valence-electron chi connectivity index (χ3n) is 3.26. The highest BCUT2D eigenvalue weighted by molar-refractivity contribution is 5.55. The Morgan fingerprint density at radius 3 is 2.85 bits per heavy atom. The number of hydrogen-bond donors (Lipinski definition) is 1. The van der Waals surface area contributed by atoms with Gasteiger partial charge in [0.25, 0.3) is 0 Å². The van der Waals surface area contributed by atoms with E-state index >= 15 is 0 Å². The van der Waals surface area contributed by atoms with E-state index in [-0.39, 0.29) is 5.82 Å². The molecule has 0 unspecified atom stereocenters. The first kappa shape index (κ1) is 12.9. The van der Waals surface area contributed by atoms with Crippen LogP contribution in [0.2, 0.25) is 0 Å². The van der Waals surface area contributed by atoms with Crippen LogP contribution in [0.3, 0.4) is 0 Å². The molecule has 0 aromatic carbocycles. The zero-order valence-electron chi connectivity index (χ0n) is 11.1. The lowest BCUT2D eigenvalue weighted by atomic mass is 10.2. The van der Waals surface area contributed by atoms with Crippen molar-refractivity contribution in [2.75, 3.05) is 31.1 Å². The van der Waals surface area contributed by atoms with Gasteiger partial charge in [-0.25, -0.2) is 14.4 Å². The number of aromatic nitrogens is 3. The molecule has 0 radical (unpaired) electrons. The van der Waals surface area contributed by atoms with E-state index in [1.165, 1.54) is 12.3 Å². The van der Waals surface area contributed by atoms with Gasteiger partial charge in [-0.2, -0.15) is 0 Å². The maximum Gasteiger partial charge on any atom is 0.225 e. The first-order valence-corrected chi connectivity index (χ1v) is 6.73. The summed E-state index contributed by atoms with van der Waals surface area (Å²) in [6, 6.07) is 4.81. The fourth-order valence-electron chi connectivity index (χ4n) is 2.22. The van der Waals surface area contributed by atoms with Gasteiger partial charge in [0, 0.05) is 25.8 Å². The molecule has 1 aliphatic heterocycles. The van der Waals surface area contributed by atoms with E-state index in [9.17, 15) is 4.39 Å². The lowest BCUT2D eigenvalue weighted by Crippen LogP contribution is -2.29. The lowest BCUT2D eigenvalue weighted by molar-refractivity contribution is 0.622. The molecule has 0 spiro atoms. The molecule has 1 fully saturated rings. The van der Waals surface area contributed by atoms with Crippen LogP contribution in [0.1, 0.15) is 6.42 Å². The van der Waals surface area contributed by atoms with E-state index in [0.29, 0.717) is 17.3 Å². The first-order valence-electron chi connectivity index (χ1n) is 6.73. The number of anilines is 1. The first-order chi connectivity index (χ1) is 9.83. The summed E-state index contributed by atoms with van der Waals surface area (Å²) in [4.78, 5) is 15.1. The highest BCUT2D eigenvalue weighted by atomic mass is 19.1. The molecule has 2 aromatic heterocycles. The monoisotopic (exact) mass is 273 g/mol. The number of nitrogens with one attached hydrogen (secondary N) is 1. The van der Waals surface area contributed by atoms with Crippen molar-refractivity contribution in [3.8, 4) is 11.4 Å². The van der Waals surface area contributed by atoms with Crippen LogP contribution >= 0.6 is 0 Å². The Labute approximate surface area is 116 Å². The summed E-state index contributed by atoms with van der Waals surface area (Å²) in [6.07, 6.45) is 4.00. The Hall–Kier alpha value is -2.08. The van der Waals surface area contributed by atoms with Crippen molar-refractivity contribution < 1.29 is 4.39 Å². The van der Waals surface area contributed by atoms with Gasteiger partial charge in [-0.1, -0.05) is 0 Å². The third kappa shape index (κ3) is 2.91. The fourth-order valence-corrected chi connectivity index (χ4v) is 2.22. The minimum atomic E-state index is -0.346. The second kappa shape index (κ2) is 5.92. The maximum atomic E-state index is 12.9. The van der Waals surface area contributed by atoms with Gasteiger partial charge in [0.05, 0.1) is 17.6 Å². The molecule has 1 N–H and O–H groups in total. The summed E-state index contributed by atoms with van der Waals surface area (Å²) >= 11 is 0. The fraction of sp³-hybridized carbons (Fsp3) is 0.357. The summed E-state index contributed by atoms with van der Waals surface area (Å²) in [7, 11) is 0. The molecule has 1 saturated heterocycles. The second-order valence-electron chi connectivity index (χ2n) is 4.69. The van der Waals surface area contributed by atoms with Crippen LogP contribution in [0.5, 0.6) is 0 Å². The van der Waals surface area contributed by atoms with Crippen LogP contribution in [-0.2, 0) is 0 Å². The minimum absolute atomic E-state index is 0.346. The summed E-state index contributed by atoms with van der Waals surface area (Å²) in [5, 5.41) is 3.35. The quantitative estimate of drug-likeness (QED) is 0.898. The van der Waals surface area contributed by atoms with Gasteiger partial charge in [0.15, 0.2) is 0 Å². The topological polar surface area (TPSA) is 53.9 Å². The van der Waals surface area contributed by atoms with Crippen LogP contribution in [0.4, 0.5) is 10.3 Å². The molecule has 2 aromatic rings. The minimum Gasteiger partial charge on any atom is -0.339 e.